The lowest BCUT2D eigenvalue weighted by Gasteiger charge is -2.27. The van der Waals surface area contributed by atoms with Crippen LogP contribution in [0, 0.1) is 0 Å². The van der Waals surface area contributed by atoms with E-state index in [4.69, 9.17) is 0 Å². The molecule has 0 radical (unpaired) electrons. The molecule has 0 amide bonds. The fourth-order valence-electron chi connectivity index (χ4n) is 2.84. The largest absolute Gasteiger partial charge is 0.327 e. The Bertz CT molecular complexity index is 596. The van der Waals surface area contributed by atoms with Crippen LogP contribution in [0.3, 0.4) is 0 Å². The van der Waals surface area contributed by atoms with Crippen LogP contribution in [0.1, 0.15) is 31.7 Å². The maximum Gasteiger partial charge on any atom is 0.327 e. The molecule has 3 rings (SSSR count). The van der Waals surface area contributed by atoms with Gasteiger partial charge in [0.05, 0.1) is 5.52 Å². The maximum absolute atomic E-state index is 12.1. The van der Waals surface area contributed by atoms with Gasteiger partial charge in [-0.25, -0.2) is 9.78 Å². The summed E-state index contributed by atoms with van der Waals surface area (Å²) in [5.74, 6) is 0. The summed E-state index contributed by atoms with van der Waals surface area (Å²) in [6, 6.07) is 4.07. The topological polar surface area (TPSA) is 50.7 Å². The van der Waals surface area contributed by atoms with E-state index >= 15 is 0 Å². The smallest absolute Gasteiger partial charge is 0.304 e. The van der Waals surface area contributed by atoms with Crippen LogP contribution in [0.15, 0.2) is 23.1 Å². The number of nitrogens with zero attached hydrogens (tertiary/aromatic N) is 2. The average Bonchev–Trinajstić information content (AvgIpc) is 2.75. The molecule has 1 N–H and O–H groups in total. The normalized spacial score (nSPS) is 24.5. The van der Waals surface area contributed by atoms with Crippen molar-refractivity contribution in [3.05, 3.63) is 28.8 Å². The van der Waals surface area contributed by atoms with Crippen molar-refractivity contribution < 1.29 is 0 Å². The summed E-state index contributed by atoms with van der Waals surface area (Å²) in [7, 11) is 0. The molecule has 2 aromatic rings. The van der Waals surface area contributed by atoms with Gasteiger partial charge in [-0.2, -0.15) is 11.8 Å². The van der Waals surface area contributed by atoms with E-state index in [1.807, 2.05) is 28.5 Å². The van der Waals surface area contributed by atoms with E-state index < -0.39 is 0 Å². The molecule has 0 saturated heterocycles. The summed E-state index contributed by atoms with van der Waals surface area (Å²) in [6.07, 6.45) is 8.46. The summed E-state index contributed by atoms with van der Waals surface area (Å²) >= 11 is 1.94. The molecule has 0 aromatic carbocycles. The van der Waals surface area contributed by atoms with Gasteiger partial charge >= 0.3 is 5.69 Å². The first-order chi connectivity index (χ1) is 8.79. The average molecular weight is 263 g/mol. The third-order valence-electron chi connectivity index (χ3n) is 3.82. The molecule has 2 aromatic heterocycles. The van der Waals surface area contributed by atoms with E-state index in [9.17, 15) is 4.79 Å². The molecule has 1 aliphatic carbocycles. The van der Waals surface area contributed by atoms with Crippen molar-refractivity contribution in [2.24, 2.45) is 0 Å². The van der Waals surface area contributed by atoms with E-state index in [0.717, 1.165) is 29.3 Å². The molecule has 0 unspecified atom stereocenters. The van der Waals surface area contributed by atoms with E-state index in [0.29, 0.717) is 6.04 Å². The zero-order chi connectivity index (χ0) is 12.5. The summed E-state index contributed by atoms with van der Waals surface area (Å²) in [4.78, 5) is 19.3. The van der Waals surface area contributed by atoms with Crippen molar-refractivity contribution in [2.45, 2.75) is 37.0 Å². The number of thioether (sulfide) groups is 1. The number of hydrogen-bond donors (Lipinski definition) is 1. The van der Waals surface area contributed by atoms with Crippen LogP contribution in [0.25, 0.3) is 11.2 Å². The van der Waals surface area contributed by atoms with Crippen LogP contribution >= 0.6 is 11.8 Å². The Kier molecular flexibility index (Phi) is 3.16. The summed E-state index contributed by atoms with van der Waals surface area (Å²) < 4.78 is 1.85. The standard InChI is InChI=1S/C13H17N3OS/c1-18-10-6-4-9(5-7-10)16-12-11(15-13(16)17)3-2-8-14-12/h2-3,8-10H,4-7H2,1H3,(H,15,17). The fourth-order valence-corrected chi connectivity index (χ4v) is 3.58. The number of H-pyrrole nitrogens is 1. The monoisotopic (exact) mass is 263 g/mol. The van der Waals surface area contributed by atoms with Crippen molar-refractivity contribution in [3.8, 4) is 0 Å². The molecule has 18 heavy (non-hydrogen) atoms. The zero-order valence-electron chi connectivity index (χ0n) is 10.4. The van der Waals surface area contributed by atoms with Gasteiger partial charge in [-0.15, -0.1) is 0 Å². The van der Waals surface area contributed by atoms with E-state index in [1.165, 1.54) is 12.8 Å². The Morgan fingerprint density at radius 2 is 2.17 bits per heavy atom. The Morgan fingerprint density at radius 3 is 2.89 bits per heavy atom. The number of rotatable bonds is 2. The predicted molar refractivity (Wildman–Crippen MR) is 75.2 cm³/mol. The molecule has 0 aliphatic heterocycles. The highest BCUT2D eigenvalue weighted by Gasteiger charge is 2.24. The molecular weight excluding hydrogens is 246 g/mol. The second-order valence-corrected chi connectivity index (χ2v) is 5.98. The second kappa shape index (κ2) is 4.80. The summed E-state index contributed by atoms with van der Waals surface area (Å²) in [6.45, 7) is 0. The molecule has 1 aliphatic rings. The molecule has 0 bridgehead atoms. The van der Waals surface area contributed by atoms with E-state index in [1.54, 1.807) is 6.20 Å². The number of imidazole rings is 1. The van der Waals surface area contributed by atoms with Gasteiger partial charge in [0, 0.05) is 17.5 Å². The lowest BCUT2D eigenvalue weighted by Crippen LogP contribution is -2.27. The first kappa shape index (κ1) is 11.8. The molecule has 1 fully saturated rings. The first-order valence-corrected chi connectivity index (χ1v) is 7.66. The Balaban J connectivity index is 1.95. The molecule has 0 spiro atoms. The third kappa shape index (κ3) is 1.96. The van der Waals surface area contributed by atoms with Gasteiger partial charge in [0.15, 0.2) is 5.65 Å². The molecule has 4 nitrogen and oxygen atoms in total. The molecule has 2 heterocycles. The first-order valence-electron chi connectivity index (χ1n) is 6.37. The molecular formula is C13H17N3OS. The maximum atomic E-state index is 12.1. The van der Waals surface area contributed by atoms with Gasteiger partial charge in [0.25, 0.3) is 0 Å². The van der Waals surface area contributed by atoms with E-state index in [-0.39, 0.29) is 5.69 Å². The van der Waals surface area contributed by atoms with Crippen molar-refractivity contribution in [2.75, 3.05) is 6.26 Å². The van der Waals surface area contributed by atoms with Gasteiger partial charge in [0.2, 0.25) is 0 Å². The highest BCUT2D eigenvalue weighted by molar-refractivity contribution is 7.99. The minimum absolute atomic E-state index is 0.0173. The van der Waals surface area contributed by atoms with Crippen LogP contribution in [-0.2, 0) is 0 Å². The number of aromatic amines is 1. The van der Waals surface area contributed by atoms with Gasteiger partial charge < -0.3 is 4.98 Å². The predicted octanol–water partition coefficient (Wildman–Crippen LogP) is 2.57. The van der Waals surface area contributed by atoms with Crippen LogP contribution in [0.5, 0.6) is 0 Å². The minimum atomic E-state index is -0.0173. The Labute approximate surface area is 110 Å². The highest BCUT2D eigenvalue weighted by atomic mass is 32.2. The quantitative estimate of drug-likeness (QED) is 0.906. The minimum Gasteiger partial charge on any atom is -0.304 e. The summed E-state index contributed by atoms with van der Waals surface area (Å²) in [5, 5.41) is 0.759. The molecule has 5 heteroatoms. The van der Waals surface area contributed by atoms with E-state index in [2.05, 4.69) is 16.2 Å². The van der Waals surface area contributed by atoms with Gasteiger partial charge in [-0.05, 0) is 44.1 Å². The highest BCUT2D eigenvalue weighted by Crippen LogP contribution is 2.33. The SMILES string of the molecule is CSC1CCC(n2c(=O)[nH]c3cccnc32)CC1. The number of hydrogen-bond acceptors (Lipinski definition) is 3. The van der Waals surface area contributed by atoms with Crippen LogP contribution in [-0.4, -0.2) is 26.0 Å². The fraction of sp³-hybridized carbons (Fsp3) is 0.538. The lowest BCUT2D eigenvalue weighted by molar-refractivity contribution is 0.359. The zero-order valence-corrected chi connectivity index (χ0v) is 11.2. The van der Waals surface area contributed by atoms with Crippen molar-refractivity contribution in [3.63, 3.8) is 0 Å². The molecule has 96 valence electrons. The molecule has 1 saturated carbocycles. The number of fused-ring (bicyclic) bond motifs is 1. The third-order valence-corrected chi connectivity index (χ3v) is 4.96. The van der Waals surface area contributed by atoms with Crippen LogP contribution < -0.4 is 5.69 Å². The van der Waals surface area contributed by atoms with Crippen LogP contribution in [0.2, 0.25) is 0 Å². The van der Waals surface area contributed by atoms with Gasteiger partial charge in [-0.1, -0.05) is 0 Å². The number of aromatic nitrogens is 3. The van der Waals surface area contributed by atoms with Crippen LogP contribution in [0.4, 0.5) is 0 Å². The number of nitrogens with one attached hydrogen (secondary N) is 1. The molecule has 0 atom stereocenters. The number of pyridine rings is 1. The lowest BCUT2D eigenvalue weighted by atomic mass is 9.95. The Morgan fingerprint density at radius 1 is 1.39 bits per heavy atom. The van der Waals surface area contributed by atoms with Gasteiger partial charge in [0.1, 0.15) is 0 Å². The summed E-state index contributed by atoms with van der Waals surface area (Å²) in [5.41, 5.74) is 1.63. The van der Waals surface area contributed by atoms with Crippen molar-refractivity contribution in [1.82, 2.24) is 14.5 Å². The van der Waals surface area contributed by atoms with Gasteiger partial charge in [-0.3, -0.25) is 4.57 Å². The Hall–Kier alpha value is -1.23. The van der Waals surface area contributed by atoms with Crippen molar-refractivity contribution >= 4 is 22.9 Å². The van der Waals surface area contributed by atoms with Crippen molar-refractivity contribution in [1.29, 1.82) is 0 Å². The second-order valence-electron chi connectivity index (χ2n) is 4.84.